The summed E-state index contributed by atoms with van der Waals surface area (Å²) < 4.78 is 13.8. The van der Waals surface area contributed by atoms with Gasteiger partial charge in [0.15, 0.2) is 0 Å². The number of benzene rings is 1. The van der Waals surface area contributed by atoms with Crippen molar-refractivity contribution in [3.8, 4) is 0 Å². The molecule has 2 aromatic rings. The molecule has 1 aromatic heterocycles. The molecule has 0 amide bonds. The minimum absolute atomic E-state index is 0.207. The summed E-state index contributed by atoms with van der Waals surface area (Å²) in [6, 6.07) is 9.21. The zero-order valence-electron chi connectivity index (χ0n) is 10.8. The molecule has 1 aromatic carbocycles. The third-order valence-corrected chi connectivity index (χ3v) is 4.29. The van der Waals surface area contributed by atoms with Crippen LogP contribution in [0.2, 0.25) is 5.02 Å². The lowest BCUT2D eigenvalue weighted by molar-refractivity contribution is 0.508. The normalized spacial score (nSPS) is 12.6. The van der Waals surface area contributed by atoms with Crippen molar-refractivity contribution in [3.05, 3.63) is 57.0 Å². The van der Waals surface area contributed by atoms with E-state index in [-0.39, 0.29) is 11.9 Å². The largest absolute Gasteiger partial charge is 0.314 e. The van der Waals surface area contributed by atoms with Crippen LogP contribution in [0.4, 0.5) is 4.39 Å². The molecule has 102 valence electrons. The quantitative estimate of drug-likeness (QED) is 0.838. The Morgan fingerprint density at radius 3 is 2.74 bits per heavy atom. The van der Waals surface area contributed by atoms with Gasteiger partial charge in [0.2, 0.25) is 0 Å². The fraction of sp³-hybridized carbons (Fsp3) is 0.333. The first kappa shape index (κ1) is 14.5. The number of hydrogen-bond donors (Lipinski definition) is 1. The topological polar surface area (TPSA) is 12.0 Å². The molecule has 1 heterocycles. The average molecular weight is 298 g/mol. The average Bonchev–Trinajstić information content (AvgIpc) is 2.87. The molecule has 1 N–H and O–H groups in total. The molecular weight excluding hydrogens is 281 g/mol. The fourth-order valence-electron chi connectivity index (χ4n) is 2.15. The molecule has 0 saturated carbocycles. The molecule has 1 nitrogen and oxygen atoms in total. The van der Waals surface area contributed by atoms with Crippen LogP contribution in [0.25, 0.3) is 0 Å². The van der Waals surface area contributed by atoms with Gasteiger partial charge in [-0.3, -0.25) is 0 Å². The Balaban J connectivity index is 2.12. The van der Waals surface area contributed by atoms with Crippen molar-refractivity contribution >= 4 is 22.9 Å². The van der Waals surface area contributed by atoms with Gasteiger partial charge in [-0.1, -0.05) is 30.7 Å². The van der Waals surface area contributed by atoms with Crippen molar-refractivity contribution in [2.75, 3.05) is 6.54 Å². The molecule has 19 heavy (non-hydrogen) atoms. The molecule has 0 radical (unpaired) electrons. The molecule has 0 bridgehead atoms. The van der Waals surface area contributed by atoms with Gasteiger partial charge in [-0.05, 0) is 43.0 Å². The van der Waals surface area contributed by atoms with Gasteiger partial charge >= 0.3 is 0 Å². The lowest BCUT2D eigenvalue weighted by Crippen LogP contribution is -2.33. The molecule has 0 saturated heterocycles. The SMILES string of the molecule is CCNC(Cc1cccs1)Cc1c(F)cccc1Cl. The Morgan fingerprint density at radius 2 is 2.11 bits per heavy atom. The van der Waals surface area contributed by atoms with Crippen molar-refractivity contribution in [3.63, 3.8) is 0 Å². The van der Waals surface area contributed by atoms with Gasteiger partial charge in [-0.2, -0.15) is 0 Å². The van der Waals surface area contributed by atoms with E-state index in [4.69, 9.17) is 11.6 Å². The first-order valence-corrected chi connectivity index (χ1v) is 7.65. The van der Waals surface area contributed by atoms with Crippen LogP contribution in [0, 0.1) is 5.82 Å². The number of halogens is 2. The molecule has 0 spiro atoms. The van der Waals surface area contributed by atoms with E-state index in [1.54, 1.807) is 23.5 Å². The first-order chi connectivity index (χ1) is 9.20. The van der Waals surface area contributed by atoms with Gasteiger partial charge < -0.3 is 5.32 Å². The molecule has 0 aliphatic heterocycles. The fourth-order valence-corrected chi connectivity index (χ4v) is 3.18. The molecule has 0 aliphatic rings. The Kier molecular flexibility index (Phi) is 5.37. The van der Waals surface area contributed by atoms with E-state index in [0.29, 0.717) is 17.0 Å². The summed E-state index contributed by atoms with van der Waals surface area (Å²) in [5.41, 5.74) is 0.603. The van der Waals surface area contributed by atoms with Crippen LogP contribution in [0.1, 0.15) is 17.4 Å². The number of likely N-dealkylation sites (N-methyl/N-ethyl adjacent to an activating group) is 1. The predicted octanol–water partition coefficient (Wildman–Crippen LogP) is 4.30. The molecule has 0 fully saturated rings. The summed E-state index contributed by atoms with van der Waals surface area (Å²) >= 11 is 7.82. The van der Waals surface area contributed by atoms with E-state index in [1.165, 1.54) is 10.9 Å². The lowest BCUT2D eigenvalue weighted by Gasteiger charge is -2.18. The number of nitrogens with one attached hydrogen (secondary N) is 1. The van der Waals surface area contributed by atoms with Crippen LogP contribution in [-0.2, 0) is 12.8 Å². The first-order valence-electron chi connectivity index (χ1n) is 6.39. The summed E-state index contributed by atoms with van der Waals surface area (Å²) in [4.78, 5) is 1.30. The Morgan fingerprint density at radius 1 is 1.26 bits per heavy atom. The standard InChI is InChI=1S/C15H17ClFNS/c1-2-18-11(9-12-5-4-8-19-12)10-13-14(16)6-3-7-15(13)17/h3-8,11,18H,2,9-10H2,1H3. The van der Waals surface area contributed by atoms with Crippen LogP contribution in [0.5, 0.6) is 0 Å². The van der Waals surface area contributed by atoms with Gasteiger partial charge in [0.1, 0.15) is 5.82 Å². The molecule has 4 heteroatoms. The Hall–Kier alpha value is -0.900. The summed E-state index contributed by atoms with van der Waals surface area (Å²) in [5.74, 6) is -0.221. The third kappa shape index (κ3) is 4.03. The lowest BCUT2D eigenvalue weighted by atomic mass is 10.0. The smallest absolute Gasteiger partial charge is 0.127 e. The van der Waals surface area contributed by atoms with Gasteiger partial charge in [-0.15, -0.1) is 11.3 Å². The summed E-state index contributed by atoms with van der Waals surface area (Å²) in [5, 5.41) is 5.98. The van der Waals surface area contributed by atoms with Crippen molar-refractivity contribution in [2.45, 2.75) is 25.8 Å². The van der Waals surface area contributed by atoms with Gasteiger partial charge in [0.05, 0.1) is 0 Å². The summed E-state index contributed by atoms with van der Waals surface area (Å²) in [7, 11) is 0. The number of rotatable bonds is 6. The van der Waals surface area contributed by atoms with Crippen LogP contribution in [0.15, 0.2) is 35.7 Å². The van der Waals surface area contributed by atoms with Gasteiger partial charge in [0, 0.05) is 21.5 Å². The maximum atomic E-state index is 13.8. The van der Waals surface area contributed by atoms with E-state index >= 15 is 0 Å². The second-order valence-electron chi connectivity index (χ2n) is 4.44. The van der Waals surface area contributed by atoms with Crippen LogP contribution in [0.3, 0.4) is 0 Å². The van der Waals surface area contributed by atoms with Gasteiger partial charge in [-0.25, -0.2) is 4.39 Å². The summed E-state index contributed by atoms with van der Waals surface area (Å²) in [6.07, 6.45) is 1.51. The highest BCUT2D eigenvalue weighted by molar-refractivity contribution is 7.09. The molecular formula is C15H17ClFNS. The van der Waals surface area contributed by atoms with Crippen molar-refractivity contribution < 1.29 is 4.39 Å². The van der Waals surface area contributed by atoms with E-state index in [1.807, 2.05) is 6.07 Å². The minimum Gasteiger partial charge on any atom is -0.314 e. The summed E-state index contributed by atoms with van der Waals surface area (Å²) in [6.45, 7) is 2.92. The monoisotopic (exact) mass is 297 g/mol. The van der Waals surface area contributed by atoms with E-state index in [0.717, 1.165) is 13.0 Å². The van der Waals surface area contributed by atoms with E-state index < -0.39 is 0 Å². The van der Waals surface area contributed by atoms with Crippen molar-refractivity contribution in [2.24, 2.45) is 0 Å². The van der Waals surface area contributed by atoms with E-state index in [9.17, 15) is 4.39 Å². The third-order valence-electron chi connectivity index (χ3n) is 3.03. The zero-order valence-corrected chi connectivity index (χ0v) is 12.4. The van der Waals surface area contributed by atoms with Crippen LogP contribution >= 0.6 is 22.9 Å². The maximum absolute atomic E-state index is 13.8. The number of hydrogen-bond acceptors (Lipinski definition) is 2. The van der Waals surface area contributed by atoms with Gasteiger partial charge in [0.25, 0.3) is 0 Å². The number of thiophene rings is 1. The van der Waals surface area contributed by atoms with Crippen molar-refractivity contribution in [1.29, 1.82) is 0 Å². The minimum atomic E-state index is -0.221. The maximum Gasteiger partial charge on any atom is 0.127 e. The van der Waals surface area contributed by atoms with Crippen LogP contribution < -0.4 is 5.32 Å². The van der Waals surface area contributed by atoms with E-state index in [2.05, 4.69) is 23.7 Å². The van der Waals surface area contributed by atoms with Crippen LogP contribution in [-0.4, -0.2) is 12.6 Å². The highest BCUT2D eigenvalue weighted by atomic mass is 35.5. The highest BCUT2D eigenvalue weighted by Crippen LogP contribution is 2.22. The Bertz CT molecular complexity index is 493. The molecule has 0 aliphatic carbocycles. The molecule has 1 unspecified atom stereocenters. The Labute approximate surface area is 122 Å². The highest BCUT2D eigenvalue weighted by Gasteiger charge is 2.15. The zero-order chi connectivity index (χ0) is 13.7. The second kappa shape index (κ2) is 7.04. The predicted molar refractivity (Wildman–Crippen MR) is 80.6 cm³/mol. The molecule has 1 atom stereocenters. The van der Waals surface area contributed by atoms with Crippen molar-refractivity contribution in [1.82, 2.24) is 5.32 Å². The molecule has 2 rings (SSSR count). The second-order valence-corrected chi connectivity index (χ2v) is 5.88.